The fraction of sp³-hybridized carbons (Fsp3) is 0.233. The van der Waals surface area contributed by atoms with Crippen LogP contribution in [0.3, 0.4) is 0 Å². The predicted octanol–water partition coefficient (Wildman–Crippen LogP) is 4.54. The first-order chi connectivity index (χ1) is 18.7. The molecule has 4 aromatic rings. The zero-order valence-electron chi connectivity index (χ0n) is 21.4. The van der Waals surface area contributed by atoms with Gasteiger partial charge in [0.05, 0.1) is 17.7 Å². The number of aromatic nitrogens is 1. The van der Waals surface area contributed by atoms with Crippen LogP contribution in [-0.2, 0) is 24.7 Å². The van der Waals surface area contributed by atoms with E-state index in [1.165, 1.54) is 0 Å². The molecule has 1 atom stereocenters. The third kappa shape index (κ3) is 4.65. The van der Waals surface area contributed by atoms with E-state index in [9.17, 15) is 28.3 Å². The van der Waals surface area contributed by atoms with Crippen molar-refractivity contribution in [2.45, 2.75) is 32.2 Å². The number of hydrogen-bond donors (Lipinski definition) is 2. The Morgan fingerprint density at radius 3 is 2.51 bits per heavy atom. The van der Waals surface area contributed by atoms with Gasteiger partial charge in [-0.1, -0.05) is 36.4 Å². The van der Waals surface area contributed by atoms with Crippen molar-refractivity contribution >= 4 is 22.8 Å². The van der Waals surface area contributed by atoms with Gasteiger partial charge in [-0.25, -0.2) is 13.6 Å². The molecule has 1 unspecified atom stereocenters. The molecule has 2 N–H and O–H groups in total. The van der Waals surface area contributed by atoms with Gasteiger partial charge in [0.2, 0.25) is 0 Å². The topological polar surface area (TPSA) is 97.6 Å². The number of nitrogens with zero attached hydrogens (tertiary/aromatic N) is 1. The molecule has 5 rings (SSSR count). The van der Waals surface area contributed by atoms with Gasteiger partial charge in [0.15, 0.2) is 0 Å². The molecule has 1 aliphatic rings. The lowest BCUT2D eigenvalue weighted by atomic mass is 9.89. The van der Waals surface area contributed by atoms with Crippen LogP contribution in [0.5, 0.6) is 5.75 Å². The average molecular weight is 533 g/mol. The number of benzene rings is 3. The standard InChI is InChI=1S/C30H26F2N2O5/c1-16-18-7-3-4-11-24(18)34(2)29(36)25(16)20-13-12-17(19-8-6-14-39-27(19)20)15-23(30(37)38)33-28(35)26-21(31)9-5-10-22(26)32/h3-5,7,9-13,23H,6,8,14-15H2,1-2H3,(H,33,35)(H,37,38). The number of para-hydroxylation sites is 1. The Morgan fingerprint density at radius 1 is 1.08 bits per heavy atom. The number of halogens is 2. The largest absolute Gasteiger partial charge is 0.493 e. The minimum atomic E-state index is -1.45. The van der Waals surface area contributed by atoms with Crippen LogP contribution in [-0.4, -0.2) is 34.2 Å². The second kappa shape index (κ2) is 10.3. The summed E-state index contributed by atoms with van der Waals surface area (Å²) < 4.78 is 35.9. The number of hydrogen-bond acceptors (Lipinski definition) is 4. The van der Waals surface area contributed by atoms with Crippen LogP contribution in [0.25, 0.3) is 22.0 Å². The number of ether oxygens (including phenoxy) is 1. The Morgan fingerprint density at radius 2 is 1.79 bits per heavy atom. The first-order valence-electron chi connectivity index (χ1n) is 12.5. The molecule has 0 bridgehead atoms. The number of pyridine rings is 1. The van der Waals surface area contributed by atoms with Crippen molar-refractivity contribution < 1.29 is 28.2 Å². The Labute approximate surface area is 222 Å². The van der Waals surface area contributed by atoms with Gasteiger partial charge in [-0.05, 0) is 54.7 Å². The molecule has 1 aromatic heterocycles. The maximum absolute atomic E-state index is 14.1. The van der Waals surface area contributed by atoms with Crippen LogP contribution >= 0.6 is 0 Å². The Kier molecular flexibility index (Phi) is 6.91. The Hall–Kier alpha value is -4.53. The molecule has 0 saturated carbocycles. The van der Waals surface area contributed by atoms with Crippen LogP contribution in [0, 0.1) is 18.6 Å². The van der Waals surface area contributed by atoms with Crippen LogP contribution < -0.4 is 15.6 Å². The number of aliphatic carboxylic acids is 1. The minimum absolute atomic E-state index is 0.141. The molecule has 39 heavy (non-hydrogen) atoms. The van der Waals surface area contributed by atoms with Crippen molar-refractivity contribution in [1.82, 2.24) is 9.88 Å². The SMILES string of the molecule is Cc1c(-c2ccc(CC(NC(=O)c3c(F)cccc3F)C(=O)O)c3c2OCCC3)c(=O)n(C)c2ccccc12. The lowest BCUT2D eigenvalue weighted by Gasteiger charge is -2.25. The number of rotatable bonds is 6. The Balaban J connectivity index is 1.56. The molecule has 0 radical (unpaired) electrons. The molecule has 7 nitrogen and oxygen atoms in total. The van der Waals surface area contributed by atoms with Crippen molar-refractivity contribution in [1.29, 1.82) is 0 Å². The lowest BCUT2D eigenvalue weighted by molar-refractivity contribution is -0.139. The predicted molar refractivity (Wildman–Crippen MR) is 142 cm³/mol. The molecule has 0 fully saturated rings. The highest BCUT2D eigenvalue weighted by atomic mass is 19.1. The van der Waals surface area contributed by atoms with Gasteiger partial charge >= 0.3 is 5.97 Å². The van der Waals surface area contributed by atoms with E-state index >= 15 is 0 Å². The fourth-order valence-electron chi connectivity index (χ4n) is 5.26. The minimum Gasteiger partial charge on any atom is -0.493 e. The summed E-state index contributed by atoms with van der Waals surface area (Å²) in [5, 5.41) is 13.0. The van der Waals surface area contributed by atoms with E-state index in [2.05, 4.69) is 5.32 Å². The third-order valence-electron chi connectivity index (χ3n) is 7.22. The maximum atomic E-state index is 14.1. The smallest absolute Gasteiger partial charge is 0.326 e. The number of carboxylic acids is 1. The van der Waals surface area contributed by atoms with Gasteiger partial charge in [0, 0.05) is 24.4 Å². The summed E-state index contributed by atoms with van der Waals surface area (Å²) >= 11 is 0. The highest BCUT2D eigenvalue weighted by Gasteiger charge is 2.29. The van der Waals surface area contributed by atoms with Gasteiger partial charge in [0.1, 0.15) is 29.0 Å². The third-order valence-corrected chi connectivity index (χ3v) is 7.22. The summed E-state index contributed by atoms with van der Waals surface area (Å²) in [4.78, 5) is 38.2. The molecule has 0 saturated heterocycles. The van der Waals surface area contributed by atoms with E-state index in [1.54, 1.807) is 23.7 Å². The molecule has 1 aliphatic heterocycles. The summed E-state index contributed by atoms with van der Waals surface area (Å²) in [5.74, 6) is -4.17. The molecule has 3 aromatic carbocycles. The maximum Gasteiger partial charge on any atom is 0.326 e. The highest BCUT2D eigenvalue weighted by molar-refractivity contribution is 5.97. The normalized spacial score (nSPS) is 13.4. The first-order valence-corrected chi connectivity index (χ1v) is 12.5. The van der Waals surface area contributed by atoms with Crippen LogP contribution in [0.2, 0.25) is 0 Å². The average Bonchev–Trinajstić information content (AvgIpc) is 2.92. The molecular weight excluding hydrogens is 506 g/mol. The quantitative estimate of drug-likeness (QED) is 0.380. The van der Waals surface area contributed by atoms with E-state index in [0.717, 1.165) is 40.2 Å². The van der Waals surface area contributed by atoms with Crippen LogP contribution in [0.1, 0.15) is 33.5 Å². The van der Waals surface area contributed by atoms with Crippen molar-refractivity contribution in [3.63, 3.8) is 0 Å². The molecule has 200 valence electrons. The highest BCUT2D eigenvalue weighted by Crippen LogP contribution is 2.40. The molecule has 0 spiro atoms. The fourth-order valence-corrected chi connectivity index (χ4v) is 5.26. The number of nitrogens with one attached hydrogen (secondary N) is 1. The number of fused-ring (bicyclic) bond motifs is 2. The summed E-state index contributed by atoms with van der Waals surface area (Å²) in [5.41, 5.74) is 3.05. The van der Waals surface area contributed by atoms with Gasteiger partial charge in [0.25, 0.3) is 11.5 Å². The number of carbonyl (C=O) groups is 2. The van der Waals surface area contributed by atoms with Gasteiger partial charge in [-0.15, -0.1) is 0 Å². The second-order valence-electron chi connectivity index (χ2n) is 9.58. The lowest BCUT2D eigenvalue weighted by Crippen LogP contribution is -2.43. The Bertz CT molecular complexity index is 1680. The molecule has 2 heterocycles. The summed E-state index contributed by atoms with van der Waals surface area (Å²) in [6.45, 7) is 2.32. The molecule has 1 amide bonds. The monoisotopic (exact) mass is 532 g/mol. The van der Waals surface area contributed by atoms with Gasteiger partial charge < -0.3 is 19.7 Å². The van der Waals surface area contributed by atoms with Crippen molar-refractivity contribution in [3.05, 3.63) is 98.8 Å². The molecule has 9 heteroatoms. The zero-order chi connectivity index (χ0) is 27.8. The molecule has 0 aliphatic carbocycles. The van der Waals surface area contributed by atoms with E-state index in [0.29, 0.717) is 41.9 Å². The van der Waals surface area contributed by atoms with E-state index in [-0.39, 0.29) is 12.0 Å². The number of amides is 1. The number of aryl methyl sites for hydroxylation is 2. The number of carboxylic acid groups (broad SMARTS) is 1. The van der Waals surface area contributed by atoms with Crippen molar-refractivity contribution in [2.75, 3.05) is 6.61 Å². The summed E-state index contributed by atoms with van der Waals surface area (Å²) in [6, 6.07) is 12.6. The summed E-state index contributed by atoms with van der Waals surface area (Å²) in [6.07, 6.45) is 1.12. The molecular formula is C30H26F2N2O5. The van der Waals surface area contributed by atoms with E-state index in [1.807, 2.05) is 31.2 Å². The van der Waals surface area contributed by atoms with Gasteiger partial charge in [-0.2, -0.15) is 0 Å². The van der Waals surface area contributed by atoms with Crippen LogP contribution in [0.15, 0.2) is 59.4 Å². The number of carbonyl (C=O) groups excluding carboxylic acids is 1. The van der Waals surface area contributed by atoms with Crippen LogP contribution in [0.4, 0.5) is 8.78 Å². The first kappa shape index (κ1) is 26.1. The van der Waals surface area contributed by atoms with Crippen molar-refractivity contribution in [2.24, 2.45) is 7.05 Å². The zero-order valence-corrected chi connectivity index (χ0v) is 21.4. The van der Waals surface area contributed by atoms with E-state index in [4.69, 9.17) is 4.74 Å². The second-order valence-corrected chi connectivity index (χ2v) is 9.58. The van der Waals surface area contributed by atoms with E-state index < -0.39 is 35.1 Å². The summed E-state index contributed by atoms with van der Waals surface area (Å²) in [7, 11) is 1.72. The van der Waals surface area contributed by atoms with Crippen molar-refractivity contribution in [3.8, 4) is 16.9 Å². The van der Waals surface area contributed by atoms with Gasteiger partial charge in [-0.3, -0.25) is 9.59 Å².